The number of hydrogen-bond acceptors (Lipinski definition) is 2. The maximum Gasteiger partial charge on any atom is 0.185 e. The van der Waals surface area contributed by atoms with E-state index in [1.54, 1.807) is 6.92 Å². The molecule has 0 rings (SSSR count). The van der Waals surface area contributed by atoms with Crippen molar-refractivity contribution in [1.82, 2.24) is 0 Å². The number of ketones is 1. The van der Waals surface area contributed by atoms with E-state index in [0.29, 0.717) is 6.54 Å². The third-order valence-electron chi connectivity index (χ3n) is 2.22. The van der Waals surface area contributed by atoms with Crippen molar-refractivity contribution in [1.29, 1.82) is 0 Å². The molecule has 0 aliphatic carbocycles. The summed E-state index contributed by atoms with van der Waals surface area (Å²) in [6.45, 7) is 4.36. The average Bonchev–Trinajstić information content (AvgIpc) is 2.09. The highest BCUT2D eigenvalue weighted by Crippen LogP contribution is 2.14. The first-order valence-corrected chi connectivity index (χ1v) is 5.13. The van der Waals surface area contributed by atoms with Crippen molar-refractivity contribution in [2.24, 2.45) is 22.4 Å². The van der Waals surface area contributed by atoms with Gasteiger partial charge in [0.05, 0.1) is 0 Å². The second-order valence-corrected chi connectivity index (χ2v) is 3.55. The van der Waals surface area contributed by atoms with Crippen LogP contribution in [0.5, 0.6) is 0 Å². The van der Waals surface area contributed by atoms with Gasteiger partial charge in [-0.3, -0.25) is 9.79 Å². The minimum absolute atomic E-state index is 0.125. The lowest BCUT2D eigenvalue weighted by Crippen LogP contribution is -2.23. The third kappa shape index (κ3) is 6.46. The normalized spacial score (nSPS) is 12.1. The van der Waals surface area contributed by atoms with Crippen molar-refractivity contribution in [3.63, 3.8) is 0 Å². The lowest BCUT2D eigenvalue weighted by molar-refractivity contribution is -0.121. The molecule has 0 saturated heterocycles. The molecular formula is C10H21N3O. The Morgan fingerprint density at radius 2 is 2.00 bits per heavy atom. The fraction of sp³-hybridized carbons (Fsp3) is 0.800. The number of guanidine groups is 1. The van der Waals surface area contributed by atoms with Gasteiger partial charge in [-0.05, 0) is 26.2 Å². The van der Waals surface area contributed by atoms with E-state index < -0.39 is 0 Å². The van der Waals surface area contributed by atoms with Crippen LogP contribution < -0.4 is 11.5 Å². The molecule has 0 aromatic carbocycles. The van der Waals surface area contributed by atoms with E-state index in [9.17, 15) is 4.79 Å². The monoisotopic (exact) mass is 199 g/mol. The Kier molecular flexibility index (Phi) is 6.80. The highest BCUT2D eigenvalue weighted by Gasteiger charge is 2.11. The lowest BCUT2D eigenvalue weighted by atomic mass is 9.94. The van der Waals surface area contributed by atoms with E-state index in [1.807, 2.05) is 0 Å². The van der Waals surface area contributed by atoms with Crippen LogP contribution >= 0.6 is 0 Å². The van der Waals surface area contributed by atoms with E-state index in [-0.39, 0.29) is 17.7 Å². The molecule has 0 aromatic heterocycles. The lowest BCUT2D eigenvalue weighted by Gasteiger charge is -2.10. The second kappa shape index (κ2) is 7.35. The topological polar surface area (TPSA) is 81.5 Å². The summed E-state index contributed by atoms with van der Waals surface area (Å²) in [5, 5.41) is 0. The maximum absolute atomic E-state index is 11.2. The molecule has 82 valence electrons. The van der Waals surface area contributed by atoms with E-state index in [4.69, 9.17) is 11.5 Å². The van der Waals surface area contributed by atoms with Gasteiger partial charge in [-0.25, -0.2) is 0 Å². The molecule has 0 spiro atoms. The molecule has 4 nitrogen and oxygen atoms in total. The van der Waals surface area contributed by atoms with Crippen LogP contribution in [0.25, 0.3) is 0 Å². The largest absolute Gasteiger partial charge is 0.370 e. The van der Waals surface area contributed by atoms with Gasteiger partial charge in [0.25, 0.3) is 0 Å². The van der Waals surface area contributed by atoms with Gasteiger partial charge >= 0.3 is 0 Å². The molecule has 1 atom stereocenters. The number of carbonyl (C=O) groups excluding carboxylic acids is 1. The highest BCUT2D eigenvalue weighted by molar-refractivity contribution is 5.78. The Hall–Kier alpha value is -1.06. The zero-order chi connectivity index (χ0) is 11.0. The van der Waals surface area contributed by atoms with Gasteiger partial charge < -0.3 is 11.5 Å². The minimum atomic E-state index is 0.125. The van der Waals surface area contributed by atoms with Crippen LogP contribution in [0.2, 0.25) is 0 Å². The Labute approximate surface area is 85.8 Å². The predicted molar refractivity (Wildman–Crippen MR) is 59.0 cm³/mol. The number of nitrogens with zero attached hydrogens (tertiary/aromatic N) is 1. The van der Waals surface area contributed by atoms with Gasteiger partial charge in [-0.15, -0.1) is 0 Å². The zero-order valence-electron chi connectivity index (χ0n) is 9.12. The quantitative estimate of drug-likeness (QED) is 0.365. The number of aliphatic imine (C=N–C) groups is 1. The molecule has 0 saturated carbocycles. The summed E-state index contributed by atoms with van der Waals surface area (Å²) in [6.07, 6.45) is 3.78. The Morgan fingerprint density at radius 1 is 1.36 bits per heavy atom. The van der Waals surface area contributed by atoms with Crippen LogP contribution in [0.1, 0.15) is 39.5 Å². The van der Waals surface area contributed by atoms with Crippen molar-refractivity contribution >= 4 is 11.7 Å². The maximum atomic E-state index is 11.2. The van der Waals surface area contributed by atoms with Gasteiger partial charge in [-0.1, -0.05) is 13.3 Å². The summed E-state index contributed by atoms with van der Waals surface area (Å²) in [7, 11) is 0. The number of nitrogens with two attached hydrogens (primary N) is 2. The number of rotatable bonds is 7. The number of Topliss-reactive ketones (excluding diaryl/α,β-unsaturated/α-hetero) is 1. The van der Waals surface area contributed by atoms with Crippen molar-refractivity contribution in [3.05, 3.63) is 0 Å². The van der Waals surface area contributed by atoms with Gasteiger partial charge in [-0.2, -0.15) is 0 Å². The minimum Gasteiger partial charge on any atom is -0.370 e. The van der Waals surface area contributed by atoms with Gasteiger partial charge in [0.2, 0.25) is 0 Å². The summed E-state index contributed by atoms with van der Waals surface area (Å²) in [6, 6.07) is 0. The Bertz CT molecular complexity index is 198. The van der Waals surface area contributed by atoms with E-state index in [0.717, 1.165) is 25.7 Å². The van der Waals surface area contributed by atoms with E-state index in [1.165, 1.54) is 0 Å². The predicted octanol–water partition coefficient (Wildman–Crippen LogP) is 1.05. The summed E-state index contributed by atoms with van der Waals surface area (Å²) < 4.78 is 0. The molecule has 0 heterocycles. The van der Waals surface area contributed by atoms with Gasteiger partial charge in [0.1, 0.15) is 5.78 Å². The second-order valence-electron chi connectivity index (χ2n) is 3.55. The standard InChI is InChI=1S/C10H21N3O/c1-3-5-9(8(2)14)6-4-7-13-10(11)12/h9H,3-7H2,1-2H3,(H4,11,12,13)/t9-/m0/s1. The van der Waals surface area contributed by atoms with Crippen LogP contribution in [0.4, 0.5) is 0 Å². The molecule has 0 unspecified atom stereocenters. The molecule has 0 aliphatic rings. The van der Waals surface area contributed by atoms with Crippen LogP contribution in [0.3, 0.4) is 0 Å². The first kappa shape index (κ1) is 12.9. The van der Waals surface area contributed by atoms with Crippen LogP contribution in [0.15, 0.2) is 4.99 Å². The van der Waals surface area contributed by atoms with Crippen LogP contribution in [-0.4, -0.2) is 18.3 Å². The molecular weight excluding hydrogens is 178 g/mol. The van der Waals surface area contributed by atoms with Crippen molar-refractivity contribution in [2.45, 2.75) is 39.5 Å². The zero-order valence-corrected chi connectivity index (χ0v) is 9.12. The summed E-state index contributed by atoms with van der Waals surface area (Å²) in [5.41, 5.74) is 10.4. The number of carbonyl (C=O) groups is 1. The van der Waals surface area contributed by atoms with Gasteiger partial charge in [0.15, 0.2) is 5.96 Å². The van der Waals surface area contributed by atoms with Gasteiger partial charge in [0, 0.05) is 12.5 Å². The smallest absolute Gasteiger partial charge is 0.185 e. The molecule has 0 fully saturated rings. The van der Waals surface area contributed by atoms with E-state index in [2.05, 4.69) is 11.9 Å². The fourth-order valence-corrected chi connectivity index (χ4v) is 1.45. The molecule has 0 aliphatic heterocycles. The molecule has 4 heteroatoms. The van der Waals surface area contributed by atoms with Crippen LogP contribution in [0, 0.1) is 5.92 Å². The molecule has 0 bridgehead atoms. The van der Waals surface area contributed by atoms with Crippen molar-refractivity contribution < 1.29 is 4.79 Å². The molecule has 0 aromatic rings. The van der Waals surface area contributed by atoms with Crippen molar-refractivity contribution in [3.8, 4) is 0 Å². The fourth-order valence-electron chi connectivity index (χ4n) is 1.45. The van der Waals surface area contributed by atoms with Crippen LogP contribution in [-0.2, 0) is 4.79 Å². The molecule has 0 radical (unpaired) electrons. The molecule has 4 N–H and O–H groups in total. The summed E-state index contributed by atoms with van der Waals surface area (Å²) >= 11 is 0. The molecule has 0 amide bonds. The highest BCUT2D eigenvalue weighted by atomic mass is 16.1. The summed E-state index contributed by atoms with van der Waals surface area (Å²) in [5.74, 6) is 0.589. The average molecular weight is 199 g/mol. The Balaban J connectivity index is 3.72. The SMILES string of the molecule is CCC[C@@H](CCCN=C(N)N)C(C)=O. The first-order chi connectivity index (χ1) is 6.57. The summed E-state index contributed by atoms with van der Waals surface area (Å²) in [4.78, 5) is 15.1. The third-order valence-corrected chi connectivity index (χ3v) is 2.22. The first-order valence-electron chi connectivity index (χ1n) is 5.13. The number of hydrogen-bond donors (Lipinski definition) is 2. The Morgan fingerprint density at radius 3 is 2.43 bits per heavy atom. The van der Waals surface area contributed by atoms with E-state index >= 15 is 0 Å². The molecule has 14 heavy (non-hydrogen) atoms. The van der Waals surface area contributed by atoms with Crippen molar-refractivity contribution in [2.75, 3.05) is 6.54 Å².